The fourth-order valence-electron chi connectivity index (χ4n) is 1.76. The minimum atomic E-state index is -0.508. The van der Waals surface area contributed by atoms with Crippen LogP contribution >= 0.6 is 0 Å². The summed E-state index contributed by atoms with van der Waals surface area (Å²) in [5.74, 6) is -1.31. The third-order valence-electron chi connectivity index (χ3n) is 2.78. The fraction of sp³-hybridized carbons (Fsp3) is 0.375. The Hall–Kier alpha value is -2.70. The second kappa shape index (κ2) is 9.34. The molecule has 1 aromatic rings. The molecule has 1 saturated heterocycles. The Bertz CT molecular complexity index is 545. The van der Waals surface area contributed by atoms with Gasteiger partial charge in [-0.2, -0.15) is 0 Å². The highest BCUT2D eigenvalue weighted by Crippen LogP contribution is 2.11. The number of hydrogen-bond acceptors (Lipinski definition) is 6. The SMILES string of the molecule is CCOC(=O)c1ccccc1C(=O)OCC.O=C1CCC(=O)N1. The van der Waals surface area contributed by atoms with Gasteiger partial charge in [-0.05, 0) is 26.0 Å². The first-order valence-corrected chi connectivity index (χ1v) is 7.25. The van der Waals surface area contributed by atoms with Crippen molar-refractivity contribution in [1.82, 2.24) is 5.32 Å². The van der Waals surface area contributed by atoms with E-state index in [1.54, 1.807) is 38.1 Å². The molecule has 0 unspecified atom stereocenters. The van der Waals surface area contributed by atoms with Crippen LogP contribution in [0.25, 0.3) is 0 Å². The predicted octanol–water partition coefficient (Wildman–Crippen LogP) is 1.46. The van der Waals surface area contributed by atoms with Crippen molar-refractivity contribution < 1.29 is 28.7 Å². The summed E-state index contributed by atoms with van der Waals surface area (Å²) < 4.78 is 9.70. The number of carbonyl (C=O) groups is 4. The maximum absolute atomic E-state index is 11.5. The van der Waals surface area contributed by atoms with Gasteiger partial charge in [0.15, 0.2) is 0 Å². The number of carbonyl (C=O) groups excluding carboxylic acids is 4. The summed E-state index contributed by atoms with van der Waals surface area (Å²) >= 11 is 0. The van der Waals surface area contributed by atoms with E-state index in [9.17, 15) is 19.2 Å². The van der Waals surface area contributed by atoms with Crippen LogP contribution in [-0.4, -0.2) is 37.0 Å². The molecular weight excluding hydrogens is 302 g/mol. The van der Waals surface area contributed by atoms with Crippen molar-refractivity contribution >= 4 is 23.8 Å². The van der Waals surface area contributed by atoms with Gasteiger partial charge in [0.25, 0.3) is 0 Å². The van der Waals surface area contributed by atoms with E-state index in [2.05, 4.69) is 5.32 Å². The lowest BCUT2D eigenvalue weighted by molar-refractivity contribution is -0.124. The van der Waals surface area contributed by atoms with Crippen molar-refractivity contribution in [3.63, 3.8) is 0 Å². The first kappa shape index (κ1) is 18.3. The van der Waals surface area contributed by atoms with Gasteiger partial charge >= 0.3 is 11.9 Å². The van der Waals surface area contributed by atoms with E-state index in [0.717, 1.165) is 0 Å². The molecule has 1 fully saturated rings. The molecule has 0 bridgehead atoms. The highest BCUT2D eigenvalue weighted by atomic mass is 16.5. The summed E-state index contributed by atoms with van der Waals surface area (Å²) in [6.45, 7) is 3.97. The number of esters is 2. The van der Waals surface area contributed by atoms with Gasteiger partial charge in [0.1, 0.15) is 0 Å². The molecule has 1 aliphatic rings. The normalized spacial score (nSPS) is 12.8. The van der Waals surface area contributed by atoms with Crippen molar-refractivity contribution in [2.24, 2.45) is 0 Å². The van der Waals surface area contributed by atoms with Crippen LogP contribution in [0, 0.1) is 0 Å². The molecule has 0 atom stereocenters. The monoisotopic (exact) mass is 321 g/mol. The van der Waals surface area contributed by atoms with Gasteiger partial charge in [-0.25, -0.2) is 9.59 Å². The standard InChI is InChI=1S/C12H14O4.C4H5NO2/c1-3-15-11(13)9-7-5-6-8-10(9)12(14)16-4-2;6-3-1-2-4(7)5-3/h5-8H,3-4H2,1-2H3;1-2H2,(H,5,6,7). The molecule has 7 heteroatoms. The van der Waals surface area contributed by atoms with Gasteiger partial charge in [0.2, 0.25) is 11.8 Å². The third kappa shape index (κ3) is 5.90. The summed E-state index contributed by atoms with van der Waals surface area (Å²) in [5.41, 5.74) is 0.477. The molecule has 0 radical (unpaired) electrons. The molecule has 2 amide bonds. The first-order valence-electron chi connectivity index (χ1n) is 7.25. The van der Waals surface area contributed by atoms with Crippen molar-refractivity contribution in [3.05, 3.63) is 35.4 Å². The molecule has 0 aliphatic carbocycles. The van der Waals surface area contributed by atoms with Crippen LogP contribution in [0.5, 0.6) is 0 Å². The lowest BCUT2D eigenvalue weighted by Gasteiger charge is -2.07. The van der Waals surface area contributed by atoms with Crippen molar-refractivity contribution in [2.45, 2.75) is 26.7 Å². The van der Waals surface area contributed by atoms with Crippen molar-refractivity contribution in [1.29, 1.82) is 0 Å². The predicted molar refractivity (Wildman–Crippen MR) is 80.7 cm³/mol. The highest BCUT2D eigenvalue weighted by molar-refractivity contribution is 6.03. The lowest BCUT2D eigenvalue weighted by atomic mass is 10.1. The van der Waals surface area contributed by atoms with Gasteiger partial charge in [0, 0.05) is 12.8 Å². The van der Waals surface area contributed by atoms with E-state index in [1.165, 1.54) is 0 Å². The van der Waals surface area contributed by atoms with Crippen LogP contribution in [-0.2, 0) is 19.1 Å². The van der Waals surface area contributed by atoms with Gasteiger partial charge < -0.3 is 9.47 Å². The summed E-state index contributed by atoms with van der Waals surface area (Å²) in [6.07, 6.45) is 0.748. The van der Waals surface area contributed by atoms with Gasteiger partial charge in [0.05, 0.1) is 24.3 Å². The van der Waals surface area contributed by atoms with E-state index < -0.39 is 11.9 Å². The molecule has 0 saturated carbocycles. The summed E-state index contributed by atoms with van der Waals surface area (Å²) in [5, 5.41) is 2.14. The number of amides is 2. The molecular formula is C16H19NO6. The maximum atomic E-state index is 11.5. The molecule has 0 spiro atoms. The fourth-order valence-corrected chi connectivity index (χ4v) is 1.76. The van der Waals surface area contributed by atoms with Gasteiger partial charge in [-0.3, -0.25) is 14.9 Å². The van der Waals surface area contributed by atoms with Crippen molar-refractivity contribution in [3.8, 4) is 0 Å². The molecule has 124 valence electrons. The van der Waals surface area contributed by atoms with Gasteiger partial charge in [-0.1, -0.05) is 12.1 Å². The number of benzene rings is 1. The minimum Gasteiger partial charge on any atom is -0.462 e. The van der Waals surface area contributed by atoms with E-state index in [4.69, 9.17) is 9.47 Å². The van der Waals surface area contributed by atoms with E-state index in [0.29, 0.717) is 12.8 Å². The van der Waals surface area contributed by atoms with Crippen LogP contribution in [0.15, 0.2) is 24.3 Å². The van der Waals surface area contributed by atoms with E-state index in [-0.39, 0.29) is 36.2 Å². The third-order valence-corrected chi connectivity index (χ3v) is 2.78. The van der Waals surface area contributed by atoms with E-state index in [1.807, 2.05) is 0 Å². The van der Waals surface area contributed by atoms with Crippen LogP contribution in [0.2, 0.25) is 0 Å². The van der Waals surface area contributed by atoms with Crippen LogP contribution in [0.1, 0.15) is 47.4 Å². The van der Waals surface area contributed by atoms with Gasteiger partial charge in [-0.15, -0.1) is 0 Å². The summed E-state index contributed by atoms with van der Waals surface area (Å²) in [6, 6.07) is 6.44. The quantitative estimate of drug-likeness (QED) is 0.666. The summed E-state index contributed by atoms with van der Waals surface area (Å²) in [4.78, 5) is 43.3. The minimum absolute atomic E-state index is 0.148. The topological polar surface area (TPSA) is 98.8 Å². The Morgan fingerprint density at radius 2 is 1.30 bits per heavy atom. The molecule has 23 heavy (non-hydrogen) atoms. The smallest absolute Gasteiger partial charge is 0.338 e. The first-order chi connectivity index (χ1) is 11.0. The Labute approximate surface area is 134 Å². The number of nitrogens with one attached hydrogen (secondary N) is 1. The summed E-state index contributed by atoms with van der Waals surface area (Å²) in [7, 11) is 0. The molecule has 0 aromatic heterocycles. The molecule has 1 N–H and O–H groups in total. The molecule has 2 rings (SSSR count). The maximum Gasteiger partial charge on any atom is 0.338 e. The second-order valence-electron chi connectivity index (χ2n) is 4.46. The Morgan fingerprint density at radius 1 is 0.913 bits per heavy atom. The molecule has 7 nitrogen and oxygen atoms in total. The lowest BCUT2D eigenvalue weighted by Crippen LogP contribution is -2.18. The highest BCUT2D eigenvalue weighted by Gasteiger charge is 2.18. The zero-order valence-electron chi connectivity index (χ0n) is 13.1. The number of rotatable bonds is 4. The van der Waals surface area contributed by atoms with Crippen LogP contribution < -0.4 is 5.32 Å². The number of hydrogen-bond donors (Lipinski definition) is 1. The van der Waals surface area contributed by atoms with Crippen LogP contribution in [0.3, 0.4) is 0 Å². The second-order valence-corrected chi connectivity index (χ2v) is 4.46. The zero-order valence-corrected chi connectivity index (χ0v) is 13.1. The van der Waals surface area contributed by atoms with Crippen LogP contribution in [0.4, 0.5) is 0 Å². The largest absolute Gasteiger partial charge is 0.462 e. The Balaban J connectivity index is 0.000000313. The van der Waals surface area contributed by atoms with E-state index >= 15 is 0 Å². The molecule has 1 aromatic carbocycles. The molecule has 1 heterocycles. The zero-order chi connectivity index (χ0) is 17.2. The average molecular weight is 321 g/mol. The Kier molecular flexibility index (Phi) is 7.45. The average Bonchev–Trinajstić information content (AvgIpc) is 2.91. The molecule has 1 aliphatic heterocycles. The number of ether oxygens (including phenoxy) is 2. The van der Waals surface area contributed by atoms with Crippen molar-refractivity contribution in [2.75, 3.05) is 13.2 Å². The Morgan fingerprint density at radius 3 is 1.57 bits per heavy atom. The number of imide groups is 1.